The number of carbonyl (C=O) groups excluding carboxylic acids is 2. The highest BCUT2D eigenvalue weighted by molar-refractivity contribution is 8.02. The van der Waals surface area contributed by atoms with Gasteiger partial charge in [0.25, 0.3) is 0 Å². The zero-order valence-electron chi connectivity index (χ0n) is 9.90. The van der Waals surface area contributed by atoms with Crippen LogP contribution in [0, 0.1) is 0 Å². The number of carbonyl (C=O) groups is 2. The fraction of sp³-hybridized carbons (Fsp3) is 0.800. The number of rotatable bonds is 2. The van der Waals surface area contributed by atoms with Crippen LogP contribution in [0.4, 0.5) is 0 Å². The maximum absolute atomic E-state index is 11.5. The van der Waals surface area contributed by atoms with Crippen LogP contribution in [0.2, 0.25) is 0 Å². The summed E-state index contributed by atoms with van der Waals surface area (Å²) in [6.07, 6.45) is 0. The highest BCUT2D eigenvalue weighted by Gasteiger charge is 2.44. The fourth-order valence-electron chi connectivity index (χ4n) is 1.69. The zero-order chi connectivity index (χ0) is 12.3. The summed E-state index contributed by atoms with van der Waals surface area (Å²) in [4.78, 5) is 22.9. The van der Waals surface area contributed by atoms with Gasteiger partial charge in [-0.25, -0.2) is 0 Å². The molecule has 2 atom stereocenters. The molecule has 1 N–H and O–H groups in total. The number of hydrogen-bond donors (Lipinski definition) is 1. The lowest BCUT2D eigenvalue weighted by molar-refractivity contribution is -0.145. The third kappa shape index (κ3) is 2.68. The second-order valence-corrected chi connectivity index (χ2v) is 5.95. The molecule has 0 aromatic rings. The van der Waals surface area contributed by atoms with E-state index in [9.17, 15) is 9.59 Å². The third-order valence-corrected chi connectivity index (χ3v) is 4.04. The van der Waals surface area contributed by atoms with Crippen LogP contribution in [0.25, 0.3) is 0 Å². The van der Waals surface area contributed by atoms with Gasteiger partial charge < -0.3 is 14.8 Å². The normalized spacial score (nSPS) is 28.2. The molecule has 1 saturated heterocycles. The van der Waals surface area contributed by atoms with Crippen LogP contribution in [0.1, 0.15) is 13.8 Å². The van der Waals surface area contributed by atoms with E-state index in [0.717, 1.165) is 0 Å². The molecule has 1 aliphatic heterocycles. The van der Waals surface area contributed by atoms with E-state index in [1.807, 2.05) is 13.8 Å². The van der Waals surface area contributed by atoms with Gasteiger partial charge in [-0.3, -0.25) is 9.59 Å². The van der Waals surface area contributed by atoms with E-state index in [4.69, 9.17) is 4.74 Å². The van der Waals surface area contributed by atoms with Crippen LogP contribution in [0.3, 0.4) is 0 Å². The number of methoxy groups -OCH3 is 2. The maximum Gasteiger partial charge on any atom is 0.324 e. The standard InChI is InChI=1S/C10H17NO4S/c1-10(2)7(9(13)15-4)11-5-6(16-10)8(12)14-3/h6-7,11H,5H2,1-4H3/t6-,7-/m0/s1. The molecule has 1 aliphatic rings. The van der Waals surface area contributed by atoms with Crippen LogP contribution in [-0.4, -0.2) is 48.7 Å². The Balaban J connectivity index is 2.72. The molecular formula is C10H17NO4S. The lowest BCUT2D eigenvalue weighted by atomic mass is 10.0. The topological polar surface area (TPSA) is 64.6 Å². The minimum Gasteiger partial charge on any atom is -0.468 e. The van der Waals surface area contributed by atoms with Gasteiger partial charge in [0.05, 0.1) is 14.2 Å². The fourth-order valence-corrected chi connectivity index (χ4v) is 3.12. The summed E-state index contributed by atoms with van der Waals surface area (Å²) in [5.41, 5.74) is 0. The summed E-state index contributed by atoms with van der Waals surface area (Å²) in [6, 6.07) is -0.400. The van der Waals surface area contributed by atoms with E-state index in [0.29, 0.717) is 6.54 Å². The Hall–Kier alpha value is -0.750. The number of nitrogens with one attached hydrogen (secondary N) is 1. The van der Waals surface area contributed by atoms with E-state index in [1.165, 1.54) is 26.0 Å². The molecule has 0 aliphatic carbocycles. The lowest BCUT2D eigenvalue weighted by Gasteiger charge is -2.39. The van der Waals surface area contributed by atoms with Gasteiger partial charge in [0.15, 0.2) is 0 Å². The Morgan fingerprint density at radius 3 is 2.25 bits per heavy atom. The second kappa shape index (κ2) is 5.05. The summed E-state index contributed by atoms with van der Waals surface area (Å²) < 4.78 is 9.01. The Morgan fingerprint density at radius 1 is 1.25 bits per heavy atom. The summed E-state index contributed by atoms with van der Waals surface area (Å²) in [5.74, 6) is -0.574. The molecule has 0 aromatic heterocycles. The van der Waals surface area contributed by atoms with Crippen molar-refractivity contribution in [2.24, 2.45) is 0 Å². The van der Waals surface area contributed by atoms with Crippen molar-refractivity contribution in [3.05, 3.63) is 0 Å². The summed E-state index contributed by atoms with van der Waals surface area (Å²) >= 11 is 1.44. The molecule has 0 bridgehead atoms. The second-order valence-electron chi connectivity index (χ2n) is 4.10. The van der Waals surface area contributed by atoms with Gasteiger partial charge >= 0.3 is 11.9 Å². The minimum atomic E-state index is -0.400. The number of hydrogen-bond acceptors (Lipinski definition) is 6. The van der Waals surface area contributed by atoms with E-state index >= 15 is 0 Å². The monoisotopic (exact) mass is 247 g/mol. The minimum absolute atomic E-state index is 0.270. The van der Waals surface area contributed by atoms with Crippen molar-refractivity contribution in [3.63, 3.8) is 0 Å². The molecule has 16 heavy (non-hydrogen) atoms. The first-order chi connectivity index (χ1) is 7.42. The molecule has 0 spiro atoms. The Labute approximate surface area is 99.2 Å². The Kier molecular flexibility index (Phi) is 4.21. The maximum atomic E-state index is 11.5. The SMILES string of the molecule is COC(=O)[C@@H]1CN[C@@H](C(=O)OC)C(C)(C)S1. The third-order valence-electron chi connectivity index (χ3n) is 2.55. The average molecular weight is 247 g/mol. The van der Waals surface area contributed by atoms with Crippen LogP contribution in [0.15, 0.2) is 0 Å². The van der Waals surface area contributed by atoms with E-state index in [1.54, 1.807) is 0 Å². The predicted octanol–water partition coefficient (Wildman–Crippen LogP) is 0.185. The molecule has 0 radical (unpaired) electrons. The smallest absolute Gasteiger partial charge is 0.324 e. The van der Waals surface area contributed by atoms with Crippen molar-refractivity contribution >= 4 is 23.7 Å². The summed E-state index contributed by atoms with van der Waals surface area (Å²) in [6.45, 7) is 4.23. The van der Waals surface area contributed by atoms with Crippen molar-refractivity contribution in [3.8, 4) is 0 Å². The number of thioether (sulfide) groups is 1. The van der Waals surface area contributed by atoms with Crippen molar-refractivity contribution in [2.75, 3.05) is 20.8 Å². The van der Waals surface area contributed by atoms with Gasteiger partial charge in [-0.05, 0) is 13.8 Å². The highest BCUT2D eigenvalue weighted by atomic mass is 32.2. The quantitative estimate of drug-likeness (QED) is 0.703. The zero-order valence-corrected chi connectivity index (χ0v) is 10.7. The molecule has 0 saturated carbocycles. The van der Waals surface area contributed by atoms with Gasteiger partial charge in [0, 0.05) is 11.3 Å². The highest BCUT2D eigenvalue weighted by Crippen LogP contribution is 2.36. The molecular weight excluding hydrogens is 230 g/mol. The Bertz CT molecular complexity index is 293. The van der Waals surface area contributed by atoms with Crippen LogP contribution >= 0.6 is 11.8 Å². The van der Waals surface area contributed by atoms with Crippen LogP contribution in [-0.2, 0) is 19.1 Å². The molecule has 1 heterocycles. The molecule has 1 fully saturated rings. The first-order valence-electron chi connectivity index (χ1n) is 4.99. The van der Waals surface area contributed by atoms with Crippen molar-refractivity contribution in [1.82, 2.24) is 5.32 Å². The summed E-state index contributed by atoms with van der Waals surface area (Å²) in [5, 5.41) is 2.75. The van der Waals surface area contributed by atoms with E-state index < -0.39 is 10.8 Å². The van der Waals surface area contributed by atoms with Crippen molar-refractivity contribution in [2.45, 2.75) is 29.9 Å². The molecule has 6 heteroatoms. The van der Waals surface area contributed by atoms with E-state index in [-0.39, 0.29) is 17.2 Å². The van der Waals surface area contributed by atoms with Gasteiger partial charge in [0.2, 0.25) is 0 Å². The van der Waals surface area contributed by atoms with Crippen LogP contribution in [0.5, 0.6) is 0 Å². The van der Waals surface area contributed by atoms with Crippen molar-refractivity contribution < 1.29 is 19.1 Å². The van der Waals surface area contributed by atoms with Gasteiger partial charge in [-0.15, -0.1) is 11.8 Å². The average Bonchev–Trinajstić information content (AvgIpc) is 2.25. The first kappa shape index (κ1) is 13.3. The molecule has 0 unspecified atom stereocenters. The number of ether oxygens (including phenoxy) is 2. The molecule has 92 valence electrons. The predicted molar refractivity (Wildman–Crippen MR) is 61.3 cm³/mol. The molecule has 5 nitrogen and oxygen atoms in total. The van der Waals surface area contributed by atoms with Gasteiger partial charge in [-0.1, -0.05) is 0 Å². The van der Waals surface area contributed by atoms with Crippen molar-refractivity contribution in [1.29, 1.82) is 0 Å². The molecule has 0 aromatic carbocycles. The largest absolute Gasteiger partial charge is 0.468 e. The van der Waals surface area contributed by atoms with Gasteiger partial charge in [-0.2, -0.15) is 0 Å². The van der Waals surface area contributed by atoms with E-state index in [2.05, 4.69) is 10.1 Å². The lowest BCUT2D eigenvalue weighted by Crippen LogP contribution is -2.58. The first-order valence-corrected chi connectivity index (χ1v) is 5.87. The summed E-state index contributed by atoms with van der Waals surface area (Å²) in [7, 11) is 2.72. The van der Waals surface area contributed by atoms with Gasteiger partial charge in [0.1, 0.15) is 11.3 Å². The molecule has 0 amide bonds. The Morgan fingerprint density at radius 2 is 1.81 bits per heavy atom. The van der Waals surface area contributed by atoms with Crippen LogP contribution < -0.4 is 5.32 Å². The molecule has 1 rings (SSSR count). The number of esters is 2.